The van der Waals surface area contributed by atoms with E-state index >= 15 is 0 Å². The van der Waals surface area contributed by atoms with Gasteiger partial charge in [0.1, 0.15) is 0 Å². The van der Waals surface area contributed by atoms with E-state index in [2.05, 4.69) is 31.7 Å². The monoisotopic (exact) mass is 390 g/mol. The minimum Gasteiger partial charge on any atom is -0.338 e. The maximum atomic E-state index is 11.7. The van der Waals surface area contributed by atoms with Crippen molar-refractivity contribution in [3.8, 4) is 0 Å². The van der Waals surface area contributed by atoms with Crippen molar-refractivity contribution in [2.24, 2.45) is 0 Å². The third-order valence-corrected chi connectivity index (χ3v) is 3.88. The number of hydrogen-bond acceptors (Lipinski definition) is 2. The molecule has 2 rings (SSSR count). The molecule has 1 heterocycles. The van der Waals surface area contributed by atoms with Crippen LogP contribution in [0.4, 0.5) is 10.5 Å². The molecule has 2 aromatic rings. The number of nitrogens with one attached hydrogen (secondary N) is 2. The lowest BCUT2D eigenvalue weighted by molar-refractivity contribution is 0.251. The fraction of sp³-hybridized carbons (Fsp3) is 0.231. The Labute approximate surface area is 140 Å². The molecule has 5 nitrogen and oxygen atoms in total. The van der Waals surface area contributed by atoms with Gasteiger partial charge < -0.3 is 10.6 Å². The van der Waals surface area contributed by atoms with E-state index in [1.165, 1.54) is 0 Å². The summed E-state index contributed by atoms with van der Waals surface area (Å²) in [5, 5.41) is 10.3. The summed E-state index contributed by atoms with van der Waals surface area (Å²) in [5.74, 6) is 0. The zero-order valence-electron chi connectivity index (χ0n) is 10.9. The second-order valence-corrected chi connectivity index (χ2v) is 5.96. The van der Waals surface area contributed by atoms with Gasteiger partial charge in [0.25, 0.3) is 0 Å². The molecule has 1 aromatic carbocycles. The number of carbonyl (C=O) groups is 1. The number of carbonyl (C=O) groups excluding carboxylic acids is 1. The highest BCUT2D eigenvalue weighted by molar-refractivity contribution is 9.10. The van der Waals surface area contributed by atoms with E-state index in [0.29, 0.717) is 22.3 Å². The molecule has 0 fully saturated rings. The molecule has 0 bridgehead atoms. The molecule has 21 heavy (non-hydrogen) atoms. The largest absolute Gasteiger partial charge is 0.338 e. The van der Waals surface area contributed by atoms with Crippen molar-refractivity contribution in [1.29, 1.82) is 0 Å². The number of benzene rings is 1. The first-order chi connectivity index (χ1) is 10.1. The molecule has 0 aliphatic rings. The van der Waals surface area contributed by atoms with Crippen LogP contribution in [0.3, 0.4) is 0 Å². The minimum atomic E-state index is -0.319. The van der Waals surface area contributed by atoms with E-state index in [-0.39, 0.29) is 6.03 Å². The van der Waals surface area contributed by atoms with Crippen LogP contribution in [0.15, 0.2) is 35.1 Å². The predicted octanol–water partition coefficient (Wildman–Crippen LogP) is 4.16. The van der Waals surface area contributed by atoms with Gasteiger partial charge in [0.05, 0.1) is 26.4 Å². The number of amides is 2. The molecule has 0 atom stereocenters. The summed E-state index contributed by atoms with van der Waals surface area (Å²) in [5.41, 5.74) is 0.484. The number of rotatable bonds is 5. The molecule has 0 spiro atoms. The number of nitrogens with zero attached hydrogens (tertiary/aromatic N) is 2. The highest BCUT2D eigenvalue weighted by Gasteiger charge is 2.07. The van der Waals surface area contributed by atoms with E-state index in [1.807, 2.05) is 6.20 Å². The SMILES string of the molecule is O=C(NCCCn1cc(Br)cn1)Nc1cccc(Cl)c1Cl. The van der Waals surface area contributed by atoms with Crippen LogP contribution in [0.25, 0.3) is 0 Å². The van der Waals surface area contributed by atoms with Crippen molar-refractivity contribution in [3.05, 3.63) is 45.1 Å². The van der Waals surface area contributed by atoms with Crippen LogP contribution in [0.1, 0.15) is 6.42 Å². The summed E-state index contributed by atoms with van der Waals surface area (Å²) >= 11 is 15.2. The average Bonchev–Trinajstić information content (AvgIpc) is 2.86. The van der Waals surface area contributed by atoms with Crippen molar-refractivity contribution in [3.63, 3.8) is 0 Å². The fourth-order valence-electron chi connectivity index (χ4n) is 1.67. The van der Waals surface area contributed by atoms with Gasteiger partial charge in [-0.25, -0.2) is 4.79 Å². The van der Waals surface area contributed by atoms with Crippen molar-refractivity contribution >= 4 is 50.9 Å². The van der Waals surface area contributed by atoms with Crippen LogP contribution in [-0.2, 0) is 6.54 Å². The molecule has 0 unspecified atom stereocenters. The Balaban J connectivity index is 1.73. The zero-order chi connectivity index (χ0) is 15.2. The maximum Gasteiger partial charge on any atom is 0.319 e. The van der Waals surface area contributed by atoms with E-state index in [0.717, 1.165) is 17.4 Å². The normalized spacial score (nSPS) is 10.4. The van der Waals surface area contributed by atoms with Crippen molar-refractivity contribution in [2.75, 3.05) is 11.9 Å². The van der Waals surface area contributed by atoms with Crippen LogP contribution in [-0.4, -0.2) is 22.4 Å². The second-order valence-electron chi connectivity index (χ2n) is 4.26. The molecule has 0 aliphatic heterocycles. The molecule has 0 saturated heterocycles. The summed E-state index contributed by atoms with van der Waals surface area (Å²) in [6.45, 7) is 1.26. The molecule has 8 heteroatoms. The van der Waals surface area contributed by atoms with Gasteiger partial charge in [-0.1, -0.05) is 29.3 Å². The van der Waals surface area contributed by atoms with Gasteiger partial charge in [-0.05, 0) is 34.5 Å². The Bertz CT molecular complexity index is 632. The molecule has 0 aliphatic carbocycles. The van der Waals surface area contributed by atoms with Crippen molar-refractivity contribution in [2.45, 2.75) is 13.0 Å². The Hall–Kier alpha value is -1.24. The van der Waals surface area contributed by atoms with Crippen LogP contribution in [0.5, 0.6) is 0 Å². The summed E-state index contributed by atoms with van der Waals surface area (Å²) in [4.78, 5) is 11.7. The summed E-state index contributed by atoms with van der Waals surface area (Å²) < 4.78 is 2.74. The Morgan fingerprint density at radius 1 is 1.38 bits per heavy atom. The third-order valence-electron chi connectivity index (χ3n) is 2.65. The number of urea groups is 1. The summed E-state index contributed by atoms with van der Waals surface area (Å²) in [7, 11) is 0. The van der Waals surface area contributed by atoms with Crippen LogP contribution in [0.2, 0.25) is 10.0 Å². The van der Waals surface area contributed by atoms with Crippen LogP contribution in [0, 0.1) is 0 Å². The third kappa shape index (κ3) is 4.91. The van der Waals surface area contributed by atoms with Gasteiger partial charge in [0.15, 0.2) is 0 Å². The van der Waals surface area contributed by atoms with E-state index in [1.54, 1.807) is 29.1 Å². The van der Waals surface area contributed by atoms with Gasteiger partial charge in [0, 0.05) is 19.3 Å². The molecule has 0 radical (unpaired) electrons. The van der Waals surface area contributed by atoms with Gasteiger partial charge in [-0.15, -0.1) is 0 Å². The van der Waals surface area contributed by atoms with Gasteiger partial charge in [-0.3, -0.25) is 4.68 Å². The fourth-order valence-corrected chi connectivity index (χ4v) is 2.35. The zero-order valence-corrected chi connectivity index (χ0v) is 14.0. The predicted molar refractivity (Wildman–Crippen MR) is 88.0 cm³/mol. The average molecular weight is 392 g/mol. The molecule has 0 saturated carbocycles. The summed E-state index contributed by atoms with van der Waals surface area (Å²) in [6, 6.07) is 4.75. The smallest absolute Gasteiger partial charge is 0.319 e. The molecule has 2 N–H and O–H groups in total. The lowest BCUT2D eigenvalue weighted by Crippen LogP contribution is -2.30. The van der Waals surface area contributed by atoms with E-state index in [4.69, 9.17) is 23.2 Å². The Morgan fingerprint density at radius 2 is 2.19 bits per heavy atom. The number of halogens is 3. The number of hydrogen-bond donors (Lipinski definition) is 2. The molecule has 112 valence electrons. The van der Waals surface area contributed by atoms with Gasteiger partial charge >= 0.3 is 6.03 Å². The lowest BCUT2D eigenvalue weighted by atomic mass is 10.3. The quantitative estimate of drug-likeness (QED) is 0.751. The van der Waals surface area contributed by atoms with Crippen molar-refractivity contribution < 1.29 is 4.79 Å². The first kappa shape index (κ1) is 16.1. The number of anilines is 1. The molecular formula is C13H13BrCl2N4O. The highest BCUT2D eigenvalue weighted by Crippen LogP contribution is 2.29. The number of aromatic nitrogens is 2. The highest BCUT2D eigenvalue weighted by atomic mass is 79.9. The lowest BCUT2D eigenvalue weighted by Gasteiger charge is -2.09. The number of aryl methyl sites for hydroxylation is 1. The van der Waals surface area contributed by atoms with Crippen LogP contribution < -0.4 is 10.6 Å². The minimum absolute atomic E-state index is 0.319. The standard InChI is InChI=1S/C13H13BrCl2N4O/c14-9-7-18-20(8-9)6-2-5-17-13(21)19-11-4-1-3-10(15)12(11)16/h1,3-4,7-8H,2,5-6H2,(H2,17,19,21). The first-order valence-corrected chi connectivity index (χ1v) is 7.78. The van der Waals surface area contributed by atoms with Crippen LogP contribution >= 0.6 is 39.1 Å². The Morgan fingerprint density at radius 3 is 2.90 bits per heavy atom. The molecule has 1 aromatic heterocycles. The van der Waals surface area contributed by atoms with Gasteiger partial charge in [-0.2, -0.15) is 5.10 Å². The van der Waals surface area contributed by atoms with E-state index in [9.17, 15) is 4.79 Å². The Kier molecular flexibility index (Phi) is 5.90. The summed E-state index contributed by atoms with van der Waals surface area (Å²) in [6.07, 6.45) is 4.37. The maximum absolute atomic E-state index is 11.7. The molecule has 2 amide bonds. The van der Waals surface area contributed by atoms with Crippen molar-refractivity contribution in [1.82, 2.24) is 15.1 Å². The second kappa shape index (κ2) is 7.68. The first-order valence-electron chi connectivity index (χ1n) is 6.23. The van der Waals surface area contributed by atoms with E-state index < -0.39 is 0 Å². The molecular weight excluding hydrogens is 379 g/mol. The van der Waals surface area contributed by atoms with Gasteiger partial charge in [0.2, 0.25) is 0 Å². The topological polar surface area (TPSA) is 59.0 Å².